The Morgan fingerprint density at radius 3 is 1.42 bits per heavy atom. The maximum Gasteiger partial charge on any atom is 0.573 e. The van der Waals surface area contributed by atoms with Crippen LogP contribution in [0, 0.1) is 11.6 Å². The average molecular weight is 1040 g/mol. The highest BCUT2D eigenvalue weighted by molar-refractivity contribution is 6.33. The summed E-state index contributed by atoms with van der Waals surface area (Å²) in [6.45, 7) is 6.05. The molecular weight excluding hydrogens is 995 g/mol. The van der Waals surface area contributed by atoms with Gasteiger partial charge < -0.3 is 39.8 Å². The van der Waals surface area contributed by atoms with E-state index in [2.05, 4.69) is 24.6 Å². The van der Waals surface area contributed by atoms with E-state index in [9.17, 15) is 49.5 Å². The number of ether oxygens (including phenoxy) is 4. The molecule has 4 fully saturated rings. The second-order valence-corrected chi connectivity index (χ2v) is 17.9. The van der Waals surface area contributed by atoms with Gasteiger partial charge in [0.2, 0.25) is 17.7 Å². The Bertz CT molecular complexity index is 2600. The van der Waals surface area contributed by atoms with Gasteiger partial charge in [-0.25, -0.2) is 8.78 Å². The molecule has 0 spiro atoms. The molecule has 0 aromatic heterocycles. The minimum atomic E-state index is -4.97. The zero-order chi connectivity index (χ0) is 51.2. The van der Waals surface area contributed by atoms with Gasteiger partial charge in [-0.15, -0.1) is 26.3 Å². The van der Waals surface area contributed by atoms with Crippen molar-refractivity contribution in [2.75, 3.05) is 63.7 Å². The highest BCUT2D eigenvalue weighted by atomic mass is 35.5. The van der Waals surface area contributed by atoms with Crippen LogP contribution in [0.1, 0.15) is 29.2 Å². The standard InChI is InChI=1S/C25H24ClF4N3O4.C23H22ClF4N3O3/c1-15(34)31-22-9-21(26)23(37-25(28,29)30)8-17(22)4-7-24(35)33-19-11-32(12-20(33)14-36-13-19)10-16-2-5-18(27)6-3-16;24-19-8-20(29)15(7-21(19)34-23(26,27)28)3-6-22(32)31-17-10-30(11-18(31)13-33-12-17)9-14-1-4-16(25)5-2-14/h2-9,19-20H,10-14H2,1H3,(H,31,34);1-8,17-18H,9-13,29H2/b7-4+;6-3+. The number of carbonyl (C=O) groups excluding carboxylic acids is 3. The molecule has 4 atom stereocenters. The number of fused-ring (bicyclic) bond motifs is 4. The Labute approximate surface area is 412 Å². The average Bonchev–Trinajstić information content (AvgIpc) is 3.27. The highest BCUT2D eigenvalue weighted by Crippen LogP contribution is 2.37. The zero-order valence-corrected chi connectivity index (χ0v) is 39.1. The van der Waals surface area contributed by atoms with Gasteiger partial charge in [-0.05, 0) is 71.8 Å². The van der Waals surface area contributed by atoms with Gasteiger partial charge in [0.1, 0.15) is 23.1 Å². The molecule has 0 aliphatic carbocycles. The number of amides is 3. The number of carbonyl (C=O) groups is 3. The molecule has 4 aromatic rings. The number of hydrogen-bond donors (Lipinski definition) is 2. The van der Waals surface area contributed by atoms with Crippen molar-refractivity contribution in [1.29, 1.82) is 0 Å². The van der Waals surface area contributed by atoms with Crippen molar-refractivity contribution in [2.45, 2.75) is 56.9 Å². The molecule has 13 nitrogen and oxygen atoms in total. The molecule has 71 heavy (non-hydrogen) atoms. The molecule has 0 radical (unpaired) electrons. The largest absolute Gasteiger partial charge is 0.573 e. The molecular formula is C48H46Cl2F8N6O7. The molecule has 8 rings (SSSR count). The van der Waals surface area contributed by atoms with Gasteiger partial charge in [-0.1, -0.05) is 47.5 Å². The van der Waals surface area contributed by atoms with Crippen LogP contribution in [0.15, 0.2) is 84.9 Å². The predicted molar refractivity (Wildman–Crippen MR) is 247 cm³/mol. The van der Waals surface area contributed by atoms with E-state index in [1.54, 1.807) is 34.1 Å². The number of morpholine rings is 2. The number of nitrogen functional groups attached to an aromatic ring is 1. The van der Waals surface area contributed by atoms with Crippen LogP contribution >= 0.6 is 23.2 Å². The number of piperazine rings is 2. The fourth-order valence-electron chi connectivity index (χ4n) is 8.81. The van der Waals surface area contributed by atoms with Crippen molar-refractivity contribution in [3.63, 3.8) is 0 Å². The molecule has 23 heteroatoms. The van der Waals surface area contributed by atoms with Crippen molar-refractivity contribution >= 4 is 64.5 Å². The van der Waals surface area contributed by atoms with Crippen LogP contribution in [0.25, 0.3) is 12.2 Å². The highest BCUT2D eigenvalue weighted by Gasteiger charge is 2.42. The summed E-state index contributed by atoms with van der Waals surface area (Å²) in [6.07, 6.45) is -4.71. The number of nitrogens with zero attached hydrogens (tertiary/aromatic N) is 4. The molecule has 3 amide bonds. The van der Waals surface area contributed by atoms with Crippen LogP contribution in [0.3, 0.4) is 0 Å². The lowest BCUT2D eigenvalue weighted by Gasteiger charge is -2.49. The van der Waals surface area contributed by atoms with Crippen LogP contribution in [-0.4, -0.2) is 127 Å². The first-order chi connectivity index (χ1) is 33.6. The van der Waals surface area contributed by atoms with Crippen molar-refractivity contribution < 1.29 is 68.5 Å². The second kappa shape index (κ2) is 22.6. The third kappa shape index (κ3) is 14.6. The fraction of sp³-hybridized carbons (Fsp3) is 0.354. The summed E-state index contributed by atoms with van der Waals surface area (Å²) >= 11 is 11.7. The van der Waals surface area contributed by atoms with E-state index in [0.717, 1.165) is 35.4 Å². The van der Waals surface area contributed by atoms with E-state index >= 15 is 0 Å². The van der Waals surface area contributed by atoms with Gasteiger partial charge in [-0.2, -0.15) is 0 Å². The van der Waals surface area contributed by atoms with E-state index in [4.69, 9.17) is 38.4 Å². The summed E-state index contributed by atoms with van der Waals surface area (Å²) in [6, 6.07) is 16.0. The Morgan fingerprint density at radius 1 is 0.648 bits per heavy atom. The van der Waals surface area contributed by atoms with Gasteiger partial charge in [0.15, 0.2) is 0 Å². The first-order valence-electron chi connectivity index (χ1n) is 21.9. The van der Waals surface area contributed by atoms with Crippen LogP contribution in [0.4, 0.5) is 46.5 Å². The molecule has 4 aromatic carbocycles. The molecule has 0 saturated carbocycles. The summed E-state index contributed by atoms with van der Waals surface area (Å²) in [5.74, 6) is -2.98. The SMILES string of the molecule is CC(=O)Nc1cc(Cl)c(OC(F)(F)F)cc1/C=C/C(=O)N1C2COCC1CN(Cc1ccc(F)cc1)C2.Nc1cc(Cl)c(OC(F)(F)F)cc1/C=C/C(=O)N1C2COCC1CN(Cc1ccc(F)cc1)C2. The molecule has 3 N–H and O–H groups in total. The number of nitrogens with two attached hydrogens (primary N) is 1. The number of benzene rings is 4. The quantitative estimate of drug-likeness (QED) is 0.0854. The van der Waals surface area contributed by atoms with Crippen LogP contribution in [0.5, 0.6) is 11.5 Å². The Hall–Kier alpha value is -5.97. The smallest absolute Gasteiger partial charge is 0.404 e. The monoisotopic (exact) mass is 1040 g/mol. The minimum Gasteiger partial charge on any atom is -0.404 e. The van der Waals surface area contributed by atoms with Crippen molar-refractivity contribution in [3.8, 4) is 11.5 Å². The third-order valence-corrected chi connectivity index (χ3v) is 12.2. The first kappa shape index (κ1) is 52.8. The van der Waals surface area contributed by atoms with Crippen molar-refractivity contribution in [2.24, 2.45) is 0 Å². The number of anilines is 2. The van der Waals surface area contributed by atoms with Gasteiger partial charge in [-0.3, -0.25) is 24.2 Å². The second-order valence-electron chi connectivity index (χ2n) is 17.0. The number of hydrogen-bond acceptors (Lipinski definition) is 10. The molecule has 4 aliphatic heterocycles. The van der Waals surface area contributed by atoms with Gasteiger partial charge in [0.05, 0.1) is 60.6 Å². The molecule has 4 bridgehead atoms. The maximum atomic E-state index is 13.2. The van der Waals surface area contributed by atoms with Crippen LogP contribution < -0.4 is 20.5 Å². The number of alkyl halides is 6. The van der Waals surface area contributed by atoms with E-state index < -0.39 is 30.1 Å². The molecule has 4 heterocycles. The molecule has 380 valence electrons. The summed E-state index contributed by atoms with van der Waals surface area (Å²) in [5.41, 5.74) is 8.31. The minimum absolute atomic E-state index is 0.108. The van der Waals surface area contributed by atoms with Crippen molar-refractivity contribution in [1.82, 2.24) is 19.6 Å². The van der Waals surface area contributed by atoms with Crippen molar-refractivity contribution in [3.05, 3.63) is 129 Å². The molecule has 4 saturated heterocycles. The van der Waals surface area contributed by atoms with E-state index in [1.165, 1.54) is 55.5 Å². The first-order valence-corrected chi connectivity index (χ1v) is 22.6. The zero-order valence-electron chi connectivity index (χ0n) is 37.6. The maximum absolute atomic E-state index is 13.2. The summed E-state index contributed by atoms with van der Waals surface area (Å²) < 4.78 is 122. The summed E-state index contributed by atoms with van der Waals surface area (Å²) in [4.78, 5) is 45.6. The normalized spacial score (nSPS) is 20.7. The van der Waals surface area contributed by atoms with E-state index in [0.29, 0.717) is 65.7 Å². The summed E-state index contributed by atoms with van der Waals surface area (Å²) in [5, 5.41) is 1.85. The lowest BCUT2D eigenvalue weighted by atomic mass is 10.0. The lowest BCUT2D eigenvalue weighted by molar-refractivity contribution is -0.275. The number of nitrogens with one attached hydrogen (secondary N) is 1. The predicted octanol–water partition coefficient (Wildman–Crippen LogP) is 8.55. The van der Waals surface area contributed by atoms with E-state index in [1.807, 2.05) is 0 Å². The van der Waals surface area contributed by atoms with Gasteiger partial charge >= 0.3 is 12.7 Å². The van der Waals surface area contributed by atoms with Gasteiger partial charge in [0, 0.05) is 80.8 Å². The van der Waals surface area contributed by atoms with Gasteiger partial charge in [0.25, 0.3) is 0 Å². The topological polar surface area (TPSA) is 139 Å². The van der Waals surface area contributed by atoms with Crippen LogP contribution in [-0.2, 0) is 36.9 Å². The third-order valence-electron chi connectivity index (χ3n) is 11.7. The Morgan fingerprint density at radius 2 is 1.03 bits per heavy atom. The Kier molecular flexibility index (Phi) is 16.8. The van der Waals surface area contributed by atoms with E-state index in [-0.39, 0.29) is 80.2 Å². The fourth-order valence-corrected chi connectivity index (χ4v) is 9.22. The molecule has 4 unspecified atom stereocenters. The number of rotatable bonds is 11. The van der Waals surface area contributed by atoms with Crippen LogP contribution in [0.2, 0.25) is 10.0 Å². The Balaban J connectivity index is 0.000000209. The summed E-state index contributed by atoms with van der Waals surface area (Å²) in [7, 11) is 0. The lowest BCUT2D eigenvalue weighted by Crippen LogP contribution is -2.65. The molecule has 4 aliphatic rings. The number of halogens is 10.